The number of anilines is 1. The number of thioether (sulfide) groups is 1. The lowest BCUT2D eigenvalue weighted by atomic mass is 10.1. The monoisotopic (exact) mass is 481 g/mol. The van der Waals surface area contributed by atoms with E-state index in [-0.39, 0.29) is 22.2 Å². The molecule has 1 atom stereocenters. The number of hydrogen-bond donors (Lipinski definition) is 2. The van der Waals surface area contributed by atoms with Crippen molar-refractivity contribution in [3.8, 4) is 23.1 Å². The van der Waals surface area contributed by atoms with Crippen LogP contribution in [0.1, 0.15) is 29.3 Å². The molecule has 2 aromatic carbocycles. The Hall–Kier alpha value is -3.54. The zero-order chi connectivity index (χ0) is 24.0. The van der Waals surface area contributed by atoms with E-state index in [2.05, 4.69) is 16.4 Å². The van der Waals surface area contributed by atoms with Gasteiger partial charge in [-0.25, -0.2) is 9.78 Å². The fourth-order valence-corrected chi connectivity index (χ4v) is 4.12. The van der Waals surface area contributed by atoms with Gasteiger partial charge in [0.05, 0.1) is 39.9 Å². The average molecular weight is 482 g/mol. The predicted molar refractivity (Wildman–Crippen MR) is 128 cm³/mol. The van der Waals surface area contributed by atoms with Crippen LogP contribution in [0.15, 0.2) is 59.6 Å². The minimum atomic E-state index is -1.12. The van der Waals surface area contributed by atoms with E-state index >= 15 is 0 Å². The number of aromatic carboxylic acids is 1. The van der Waals surface area contributed by atoms with Crippen molar-refractivity contribution in [2.45, 2.75) is 23.6 Å². The molecule has 0 saturated carbocycles. The summed E-state index contributed by atoms with van der Waals surface area (Å²) in [5.74, 6) is -0.774. The Labute approximate surface area is 200 Å². The Morgan fingerprint density at radius 3 is 2.55 bits per heavy atom. The Bertz CT molecular complexity index is 1230. The van der Waals surface area contributed by atoms with Crippen molar-refractivity contribution in [2.75, 3.05) is 12.4 Å². The van der Waals surface area contributed by atoms with Gasteiger partial charge in [-0.15, -0.1) is 0 Å². The zero-order valence-corrected chi connectivity index (χ0v) is 19.4. The molecule has 0 radical (unpaired) electrons. The van der Waals surface area contributed by atoms with Crippen LogP contribution in [0.5, 0.6) is 5.75 Å². The van der Waals surface area contributed by atoms with Gasteiger partial charge in [-0.2, -0.15) is 5.26 Å². The summed E-state index contributed by atoms with van der Waals surface area (Å²) in [6.45, 7) is 1.84. The zero-order valence-electron chi connectivity index (χ0n) is 17.8. The summed E-state index contributed by atoms with van der Waals surface area (Å²) in [4.78, 5) is 28.8. The molecule has 3 aromatic rings. The van der Waals surface area contributed by atoms with Gasteiger partial charge in [0, 0.05) is 5.56 Å². The number of pyridine rings is 1. The summed E-state index contributed by atoms with van der Waals surface area (Å²) < 4.78 is 5.18. The Balaban J connectivity index is 1.85. The number of halogens is 1. The summed E-state index contributed by atoms with van der Waals surface area (Å²) in [5.41, 5.74) is 2.08. The van der Waals surface area contributed by atoms with Gasteiger partial charge in [0.1, 0.15) is 16.8 Å². The second-order valence-corrected chi connectivity index (χ2v) is 8.49. The first-order valence-corrected chi connectivity index (χ1v) is 11.2. The van der Waals surface area contributed by atoms with E-state index in [1.807, 2.05) is 31.2 Å². The van der Waals surface area contributed by atoms with E-state index in [1.54, 1.807) is 19.2 Å². The molecule has 7 nitrogen and oxygen atoms in total. The maximum absolute atomic E-state index is 12.9. The molecule has 1 unspecified atom stereocenters. The minimum absolute atomic E-state index is 0.0102. The summed E-state index contributed by atoms with van der Waals surface area (Å²) in [5, 5.41) is 21.5. The number of methoxy groups -OCH3 is 1. The number of hydrogen-bond acceptors (Lipinski definition) is 6. The number of nitriles is 1. The fraction of sp³-hybridized carbons (Fsp3) is 0.167. The maximum Gasteiger partial charge on any atom is 0.335 e. The first-order chi connectivity index (χ1) is 15.9. The molecule has 0 aliphatic carbocycles. The van der Waals surface area contributed by atoms with Gasteiger partial charge in [0.25, 0.3) is 0 Å². The van der Waals surface area contributed by atoms with Gasteiger partial charge < -0.3 is 15.2 Å². The van der Waals surface area contributed by atoms with Gasteiger partial charge in [-0.3, -0.25) is 4.79 Å². The molecular formula is C24H20ClN3O4S. The maximum atomic E-state index is 12.9. The highest BCUT2D eigenvalue weighted by Crippen LogP contribution is 2.32. The molecule has 9 heteroatoms. The van der Waals surface area contributed by atoms with Crippen LogP contribution in [0, 0.1) is 11.3 Å². The number of benzene rings is 2. The third-order valence-corrected chi connectivity index (χ3v) is 6.45. The van der Waals surface area contributed by atoms with Crippen LogP contribution in [0.4, 0.5) is 5.69 Å². The minimum Gasteiger partial charge on any atom is -0.497 e. The summed E-state index contributed by atoms with van der Waals surface area (Å²) in [7, 11) is 1.59. The van der Waals surface area contributed by atoms with Crippen LogP contribution in [0.25, 0.3) is 11.3 Å². The summed E-state index contributed by atoms with van der Waals surface area (Å²) in [6.07, 6.45) is 0.450. The van der Waals surface area contributed by atoms with Crippen LogP contribution in [0.3, 0.4) is 0 Å². The van der Waals surface area contributed by atoms with Crippen molar-refractivity contribution >= 4 is 40.9 Å². The lowest BCUT2D eigenvalue weighted by Gasteiger charge is -2.16. The highest BCUT2D eigenvalue weighted by molar-refractivity contribution is 8.00. The first kappa shape index (κ1) is 24.1. The number of aromatic nitrogens is 1. The number of carbonyl (C=O) groups is 2. The fourth-order valence-electron chi connectivity index (χ4n) is 2.96. The van der Waals surface area contributed by atoms with Gasteiger partial charge in [-0.05, 0) is 61.0 Å². The molecule has 1 amide bonds. The molecule has 1 heterocycles. The third-order valence-electron chi connectivity index (χ3n) is 4.75. The van der Waals surface area contributed by atoms with Gasteiger partial charge in [-0.1, -0.05) is 30.3 Å². The van der Waals surface area contributed by atoms with Gasteiger partial charge in [0.15, 0.2) is 0 Å². The van der Waals surface area contributed by atoms with Crippen LogP contribution >= 0.6 is 23.4 Å². The molecule has 0 fully saturated rings. The lowest BCUT2D eigenvalue weighted by molar-refractivity contribution is -0.115. The molecule has 0 aliphatic heterocycles. The van der Waals surface area contributed by atoms with Crippen molar-refractivity contribution < 1.29 is 19.4 Å². The third kappa shape index (κ3) is 5.83. The number of nitrogens with one attached hydrogen (secondary N) is 1. The average Bonchev–Trinajstić information content (AvgIpc) is 2.83. The second-order valence-electron chi connectivity index (χ2n) is 6.89. The molecule has 168 valence electrons. The molecule has 33 heavy (non-hydrogen) atoms. The molecule has 2 N–H and O–H groups in total. The van der Waals surface area contributed by atoms with E-state index in [9.17, 15) is 20.0 Å². The number of ether oxygens (including phenoxy) is 1. The number of nitrogens with zero attached hydrogens (tertiary/aromatic N) is 2. The van der Waals surface area contributed by atoms with Crippen LogP contribution < -0.4 is 10.1 Å². The molecule has 0 aliphatic rings. The van der Waals surface area contributed by atoms with Crippen LogP contribution in [-0.4, -0.2) is 34.3 Å². The van der Waals surface area contributed by atoms with Crippen molar-refractivity contribution in [3.63, 3.8) is 0 Å². The Morgan fingerprint density at radius 1 is 1.21 bits per heavy atom. The van der Waals surface area contributed by atoms with E-state index in [1.165, 1.54) is 30.0 Å². The summed E-state index contributed by atoms with van der Waals surface area (Å²) in [6, 6.07) is 17.0. The summed E-state index contributed by atoms with van der Waals surface area (Å²) >= 11 is 7.30. The van der Waals surface area contributed by atoms with Crippen molar-refractivity contribution in [1.82, 2.24) is 4.98 Å². The predicted octanol–water partition coefficient (Wildman–Crippen LogP) is 5.49. The van der Waals surface area contributed by atoms with E-state index in [4.69, 9.17) is 16.3 Å². The first-order valence-electron chi connectivity index (χ1n) is 9.92. The quantitative estimate of drug-likeness (QED) is 0.409. The normalized spacial score (nSPS) is 11.3. The number of rotatable bonds is 8. The largest absolute Gasteiger partial charge is 0.497 e. The topological polar surface area (TPSA) is 112 Å². The van der Waals surface area contributed by atoms with Gasteiger partial charge >= 0.3 is 5.97 Å². The molecular weight excluding hydrogens is 462 g/mol. The highest BCUT2D eigenvalue weighted by atomic mass is 35.5. The van der Waals surface area contributed by atoms with E-state index < -0.39 is 11.2 Å². The molecule has 0 saturated heterocycles. The molecule has 0 spiro atoms. The number of carbonyl (C=O) groups excluding carboxylic acids is 1. The highest BCUT2D eigenvalue weighted by Gasteiger charge is 2.22. The second kappa shape index (κ2) is 10.9. The standard InChI is InChI=1S/C24H20ClN3O4S/c1-3-21(22(29)27-20-12-15(24(30)31)6-10-18(20)25)33-23-16(13-26)7-11-19(28-23)14-4-8-17(32-2)9-5-14/h4-12,21H,3H2,1-2H3,(H,27,29)(H,30,31). The molecule has 0 bridgehead atoms. The number of carboxylic acids is 1. The number of amides is 1. The number of carboxylic acid groups (broad SMARTS) is 1. The smallest absolute Gasteiger partial charge is 0.335 e. The van der Waals surface area contributed by atoms with Crippen molar-refractivity contribution in [2.24, 2.45) is 0 Å². The Morgan fingerprint density at radius 2 is 1.94 bits per heavy atom. The molecule has 3 rings (SSSR count). The van der Waals surface area contributed by atoms with E-state index in [0.29, 0.717) is 22.7 Å². The SMILES string of the molecule is CCC(Sc1nc(-c2ccc(OC)cc2)ccc1C#N)C(=O)Nc1cc(C(=O)O)ccc1Cl. The van der Waals surface area contributed by atoms with Crippen LogP contribution in [-0.2, 0) is 4.79 Å². The van der Waals surface area contributed by atoms with Gasteiger partial charge in [0.2, 0.25) is 5.91 Å². The van der Waals surface area contributed by atoms with E-state index in [0.717, 1.165) is 11.3 Å². The van der Waals surface area contributed by atoms with Crippen molar-refractivity contribution in [3.05, 3.63) is 70.7 Å². The Kier molecular flexibility index (Phi) is 7.93. The molecule has 1 aromatic heterocycles. The lowest BCUT2D eigenvalue weighted by Crippen LogP contribution is -2.25. The van der Waals surface area contributed by atoms with Crippen molar-refractivity contribution in [1.29, 1.82) is 5.26 Å². The van der Waals surface area contributed by atoms with Crippen LogP contribution in [0.2, 0.25) is 5.02 Å².